The molecule has 0 bridgehead atoms. The Balaban J connectivity index is 2.63. The second kappa shape index (κ2) is 3.04. The van der Waals surface area contributed by atoms with E-state index in [4.69, 9.17) is 20.7 Å². The van der Waals surface area contributed by atoms with Gasteiger partial charge < -0.3 is 25.8 Å². The quantitative estimate of drug-likeness (QED) is 0.324. The molecule has 5 atom stereocenters. The maximum absolute atomic E-state index is 9.21. The highest BCUT2D eigenvalue weighted by Gasteiger charge is 2.39. The largest absolute Gasteiger partial charge is 0.389 e. The first-order chi connectivity index (χ1) is 5.04. The van der Waals surface area contributed by atoms with Gasteiger partial charge >= 0.3 is 0 Å². The van der Waals surface area contributed by atoms with Crippen LogP contribution in [-0.4, -0.2) is 46.0 Å². The van der Waals surface area contributed by atoms with Crippen LogP contribution in [0.1, 0.15) is 6.92 Å². The fourth-order valence-corrected chi connectivity index (χ4v) is 1.09. The van der Waals surface area contributed by atoms with E-state index >= 15 is 0 Å². The van der Waals surface area contributed by atoms with Gasteiger partial charge in [0.15, 0.2) is 6.29 Å². The van der Waals surface area contributed by atoms with Crippen molar-refractivity contribution in [1.82, 2.24) is 0 Å². The minimum Gasteiger partial charge on any atom is -0.389 e. The van der Waals surface area contributed by atoms with Gasteiger partial charge in [-0.15, -0.1) is 0 Å². The Morgan fingerprint density at radius 2 is 1.73 bits per heavy atom. The lowest BCUT2D eigenvalue weighted by Gasteiger charge is -2.37. The number of ether oxygens (including phenoxy) is 1. The van der Waals surface area contributed by atoms with Gasteiger partial charge in [0.25, 0.3) is 0 Å². The molecule has 1 aliphatic rings. The summed E-state index contributed by atoms with van der Waals surface area (Å²) in [7, 11) is 0. The van der Waals surface area contributed by atoms with Crippen molar-refractivity contribution in [2.24, 2.45) is 5.73 Å². The third-order valence-electron chi connectivity index (χ3n) is 1.92. The Bertz CT molecular complexity index is 129. The van der Waals surface area contributed by atoms with Gasteiger partial charge in [-0.25, -0.2) is 0 Å². The Labute approximate surface area is 64.4 Å². The fraction of sp³-hybridized carbons (Fsp3) is 1.00. The van der Waals surface area contributed by atoms with Crippen molar-refractivity contribution in [2.75, 3.05) is 0 Å². The third-order valence-corrected chi connectivity index (χ3v) is 1.92. The zero-order valence-electron chi connectivity index (χ0n) is 6.21. The van der Waals surface area contributed by atoms with Gasteiger partial charge in [0.1, 0.15) is 6.10 Å². The molecule has 1 fully saturated rings. The molecule has 1 heterocycles. The summed E-state index contributed by atoms with van der Waals surface area (Å²) in [6.45, 7) is 1.58. The van der Waals surface area contributed by atoms with Crippen molar-refractivity contribution in [1.29, 1.82) is 0 Å². The van der Waals surface area contributed by atoms with E-state index in [0.29, 0.717) is 0 Å². The Kier molecular flexibility index (Phi) is 2.46. The topological polar surface area (TPSA) is 95.9 Å². The Morgan fingerprint density at radius 1 is 1.18 bits per heavy atom. The summed E-state index contributed by atoms with van der Waals surface area (Å²) in [6, 6.07) is -0.839. The number of rotatable bonds is 0. The second-order valence-electron chi connectivity index (χ2n) is 2.79. The van der Waals surface area contributed by atoms with E-state index in [2.05, 4.69) is 0 Å². The summed E-state index contributed by atoms with van der Waals surface area (Å²) in [5.41, 5.74) is 5.36. The smallest absolute Gasteiger partial charge is 0.182 e. The van der Waals surface area contributed by atoms with E-state index in [1.165, 1.54) is 0 Å². The van der Waals surface area contributed by atoms with E-state index < -0.39 is 30.6 Å². The molecule has 0 aromatic rings. The molecule has 0 aliphatic carbocycles. The zero-order valence-corrected chi connectivity index (χ0v) is 6.21. The molecule has 5 unspecified atom stereocenters. The summed E-state index contributed by atoms with van der Waals surface area (Å²) in [4.78, 5) is 0. The molecular formula is C6H13NO4. The number of nitrogens with two attached hydrogens (primary N) is 1. The van der Waals surface area contributed by atoms with E-state index in [-0.39, 0.29) is 0 Å². The van der Waals surface area contributed by atoms with Crippen LogP contribution in [-0.2, 0) is 4.74 Å². The molecular weight excluding hydrogens is 150 g/mol. The van der Waals surface area contributed by atoms with Gasteiger partial charge in [-0.3, -0.25) is 0 Å². The van der Waals surface area contributed by atoms with Gasteiger partial charge in [-0.05, 0) is 6.92 Å². The van der Waals surface area contributed by atoms with Crippen LogP contribution in [0.25, 0.3) is 0 Å². The van der Waals surface area contributed by atoms with Crippen LogP contribution in [0.4, 0.5) is 0 Å². The molecule has 5 N–H and O–H groups in total. The Hall–Kier alpha value is -0.200. The van der Waals surface area contributed by atoms with Crippen molar-refractivity contribution in [2.45, 2.75) is 37.6 Å². The van der Waals surface area contributed by atoms with E-state index in [1.54, 1.807) is 6.92 Å². The van der Waals surface area contributed by atoms with Gasteiger partial charge in [-0.2, -0.15) is 0 Å². The average Bonchev–Trinajstić information content (AvgIpc) is 1.97. The molecule has 1 aliphatic heterocycles. The first kappa shape index (κ1) is 8.89. The summed E-state index contributed by atoms with van der Waals surface area (Å²) >= 11 is 0. The number of hydrogen-bond donors (Lipinski definition) is 4. The van der Waals surface area contributed by atoms with E-state index in [0.717, 1.165) is 0 Å². The van der Waals surface area contributed by atoms with Gasteiger partial charge in [0.2, 0.25) is 0 Å². The predicted molar refractivity (Wildman–Crippen MR) is 36.5 cm³/mol. The molecule has 1 saturated heterocycles. The molecule has 0 amide bonds. The number of aliphatic hydroxyl groups is 3. The van der Waals surface area contributed by atoms with Crippen molar-refractivity contribution in [3.63, 3.8) is 0 Å². The van der Waals surface area contributed by atoms with Crippen LogP contribution in [0.5, 0.6) is 0 Å². The molecule has 1 rings (SSSR count). The highest BCUT2D eigenvalue weighted by Crippen LogP contribution is 2.17. The van der Waals surface area contributed by atoms with Crippen molar-refractivity contribution < 1.29 is 20.1 Å². The second-order valence-corrected chi connectivity index (χ2v) is 2.79. The zero-order chi connectivity index (χ0) is 8.59. The molecule has 11 heavy (non-hydrogen) atoms. The first-order valence-corrected chi connectivity index (χ1v) is 3.49. The molecule has 0 aromatic carbocycles. The first-order valence-electron chi connectivity index (χ1n) is 3.49. The fourth-order valence-electron chi connectivity index (χ4n) is 1.09. The van der Waals surface area contributed by atoms with Crippen molar-refractivity contribution in [3.05, 3.63) is 0 Å². The van der Waals surface area contributed by atoms with Crippen LogP contribution in [0.3, 0.4) is 0 Å². The molecule has 0 aromatic heterocycles. The van der Waals surface area contributed by atoms with E-state index in [1.807, 2.05) is 0 Å². The predicted octanol–water partition coefficient (Wildman–Crippen LogP) is -2.23. The molecule has 0 saturated carbocycles. The highest BCUT2D eigenvalue weighted by atomic mass is 16.6. The minimum absolute atomic E-state index is 0.539. The van der Waals surface area contributed by atoms with Gasteiger partial charge in [0, 0.05) is 0 Å². The molecule has 0 spiro atoms. The summed E-state index contributed by atoms with van der Waals surface area (Å²) in [5.74, 6) is 0. The number of aliphatic hydroxyl groups excluding tert-OH is 3. The normalized spacial score (nSPS) is 52.6. The average molecular weight is 163 g/mol. The summed E-state index contributed by atoms with van der Waals surface area (Å²) in [6.07, 6.45) is -3.96. The maximum Gasteiger partial charge on any atom is 0.182 e. The molecule has 5 nitrogen and oxygen atoms in total. The van der Waals surface area contributed by atoms with Crippen LogP contribution in [0, 0.1) is 0 Å². The van der Waals surface area contributed by atoms with Crippen molar-refractivity contribution in [3.8, 4) is 0 Å². The standard InChI is InChI=1S/C6H13NO4/c1-2-4(8)3(7)5(9)6(10)11-2/h2-6,8-10H,7H2,1H3. The lowest BCUT2D eigenvalue weighted by Crippen LogP contribution is -2.60. The minimum atomic E-state index is -1.29. The maximum atomic E-state index is 9.21. The van der Waals surface area contributed by atoms with Crippen molar-refractivity contribution >= 4 is 0 Å². The molecule has 66 valence electrons. The van der Waals surface area contributed by atoms with Crippen LogP contribution in [0.15, 0.2) is 0 Å². The summed E-state index contributed by atoms with van der Waals surface area (Å²) in [5, 5.41) is 27.3. The number of hydrogen-bond acceptors (Lipinski definition) is 5. The SMILES string of the molecule is CC1OC(O)C(O)C(N)C1O. The van der Waals surface area contributed by atoms with Gasteiger partial charge in [0.05, 0.1) is 18.2 Å². The van der Waals surface area contributed by atoms with Crippen LogP contribution in [0.2, 0.25) is 0 Å². The Morgan fingerprint density at radius 3 is 2.27 bits per heavy atom. The van der Waals surface area contributed by atoms with Crippen LogP contribution < -0.4 is 5.73 Å². The lowest BCUT2D eigenvalue weighted by molar-refractivity contribution is -0.247. The highest BCUT2D eigenvalue weighted by molar-refractivity contribution is 4.89. The molecule has 0 radical (unpaired) electrons. The van der Waals surface area contributed by atoms with E-state index in [9.17, 15) is 5.11 Å². The summed E-state index contributed by atoms with van der Waals surface area (Å²) < 4.78 is 4.76. The molecule has 5 heteroatoms. The van der Waals surface area contributed by atoms with Gasteiger partial charge in [-0.1, -0.05) is 0 Å². The van der Waals surface area contributed by atoms with Crippen LogP contribution >= 0.6 is 0 Å². The third kappa shape index (κ3) is 1.52. The monoisotopic (exact) mass is 163 g/mol. The lowest BCUT2D eigenvalue weighted by atomic mass is 9.98.